The Morgan fingerprint density at radius 2 is 1.80 bits per heavy atom. The summed E-state index contributed by atoms with van der Waals surface area (Å²) in [4.78, 5) is 31.4. The van der Waals surface area contributed by atoms with Crippen LogP contribution in [0.4, 0.5) is 4.79 Å². The zero-order chi connectivity index (χ0) is 20.5. The first kappa shape index (κ1) is 18.2. The number of likely N-dealkylation sites (tertiary alicyclic amines) is 1. The van der Waals surface area contributed by atoms with E-state index in [1.54, 1.807) is 0 Å². The Labute approximate surface area is 175 Å². The standard InChI is InChI=1S/C23H28N4O3/c28-21(25-23-11-14-8-15(12-23)10-16(9-14)13-23)19-17-4-1-2-6-26(17)20(24-19)18-5-3-7-27(18)22(29)30/h1-2,4,6,14-16,18H,3,5,7-13H2,(H,25,28)(H,29,30). The number of nitrogens with zero attached hydrogens (tertiary/aromatic N) is 3. The van der Waals surface area contributed by atoms with Crippen molar-refractivity contribution in [3.63, 3.8) is 0 Å². The lowest BCUT2D eigenvalue weighted by Crippen LogP contribution is -2.59. The Morgan fingerprint density at radius 1 is 1.10 bits per heavy atom. The molecule has 0 radical (unpaired) electrons. The second-order valence-electron chi connectivity index (χ2n) is 10.1. The van der Waals surface area contributed by atoms with Gasteiger partial charge in [0.15, 0.2) is 5.69 Å². The topological polar surface area (TPSA) is 86.9 Å². The van der Waals surface area contributed by atoms with Gasteiger partial charge in [-0.2, -0.15) is 0 Å². The van der Waals surface area contributed by atoms with Crippen LogP contribution in [-0.2, 0) is 0 Å². The third-order valence-corrected chi connectivity index (χ3v) is 8.00. The third kappa shape index (κ3) is 2.74. The Bertz CT molecular complexity index is 993. The molecule has 5 fully saturated rings. The van der Waals surface area contributed by atoms with Gasteiger partial charge in [-0.05, 0) is 81.3 Å². The molecule has 4 aliphatic carbocycles. The van der Waals surface area contributed by atoms with Crippen LogP contribution in [0.5, 0.6) is 0 Å². The quantitative estimate of drug-likeness (QED) is 0.808. The Kier molecular flexibility index (Phi) is 3.92. The number of nitrogens with one attached hydrogen (secondary N) is 1. The second kappa shape index (κ2) is 6.46. The van der Waals surface area contributed by atoms with Crippen LogP contribution in [-0.4, -0.2) is 43.5 Å². The van der Waals surface area contributed by atoms with Gasteiger partial charge in [0, 0.05) is 18.3 Å². The molecule has 7 nitrogen and oxygen atoms in total. The summed E-state index contributed by atoms with van der Waals surface area (Å²) < 4.78 is 1.90. The number of hydrogen-bond donors (Lipinski definition) is 2. The molecule has 30 heavy (non-hydrogen) atoms. The number of fused-ring (bicyclic) bond motifs is 1. The van der Waals surface area contributed by atoms with Gasteiger partial charge in [0.1, 0.15) is 5.82 Å². The zero-order valence-electron chi connectivity index (χ0n) is 17.1. The van der Waals surface area contributed by atoms with E-state index in [0.717, 1.165) is 55.4 Å². The van der Waals surface area contributed by atoms with E-state index < -0.39 is 6.09 Å². The first-order chi connectivity index (χ1) is 14.5. The highest BCUT2D eigenvalue weighted by Gasteiger charge is 2.51. The molecule has 1 atom stereocenters. The lowest BCUT2D eigenvalue weighted by molar-refractivity contribution is -0.0167. The molecule has 4 saturated carbocycles. The van der Waals surface area contributed by atoms with Crippen LogP contribution >= 0.6 is 0 Å². The van der Waals surface area contributed by atoms with Crippen molar-refractivity contribution < 1.29 is 14.7 Å². The molecule has 3 heterocycles. The van der Waals surface area contributed by atoms with Gasteiger partial charge < -0.3 is 14.8 Å². The highest BCUT2D eigenvalue weighted by atomic mass is 16.4. The van der Waals surface area contributed by atoms with E-state index in [1.807, 2.05) is 28.8 Å². The summed E-state index contributed by atoms with van der Waals surface area (Å²) in [6, 6.07) is 5.41. The SMILES string of the molecule is O=C(NC12CC3CC(CC(C3)C1)C2)c1nc(C2CCCN2C(=O)O)n2ccccc12. The molecule has 7 heteroatoms. The summed E-state index contributed by atoms with van der Waals surface area (Å²) in [6.07, 6.45) is 9.79. The van der Waals surface area contributed by atoms with Gasteiger partial charge >= 0.3 is 6.09 Å². The van der Waals surface area contributed by atoms with Crippen LogP contribution in [0.3, 0.4) is 0 Å². The maximum atomic E-state index is 13.5. The molecule has 2 N–H and O–H groups in total. The van der Waals surface area contributed by atoms with Gasteiger partial charge in [-0.15, -0.1) is 0 Å². The molecular formula is C23H28N4O3. The molecule has 0 spiro atoms. The summed E-state index contributed by atoms with van der Waals surface area (Å²) in [5, 5.41) is 13.0. The van der Waals surface area contributed by atoms with E-state index in [0.29, 0.717) is 18.1 Å². The molecule has 1 saturated heterocycles. The van der Waals surface area contributed by atoms with Gasteiger partial charge in [-0.3, -0.25) is 9.69 Å². The summed E-state index contributed by atoms with van der Waals surface area (Å²) in [5.41, 5.74) is 1.11. The number of carbonyl (C=O) groups excluding carboxylic acids is 1. The van der Waals surface area contributed by atoms with Gasteiger partial charge in [-0.25, -0.2) is 9.78 Å². The number of imidazole rings is 1. The number of rotatable bonds is 3. The largest absolute Gasteiger partial charge is 0.465 e. The van der Waals surface area contributed by atoms with E-state index in [2.05, 4.69) is 5.32 Å². The van der Waals surface area contributed by atoms with Crippen LogP contribution in [0.2, 0.25) is 0 Å². The fraction of sp³-hybridized carbons (Fsp3) is 0.609. The molecular weight excluding hydrogens is 380 g/mol. The van der Waals surface area contributed by atoms with E-state index >= 15 is 0 Å². The van der Waals surface area contributed by atoms with Crippen LogP contribution < -0.4 is 5.32 Å². The molecule has 158 valence electrons. The number of carboxylic acid groups (broad SMARTS) is 1. The van der Waals surface area contributed by atoms with Crippen molar-refractivity contribution in [3.05, 3.63) is 35.9 Å². The molecule has 5 aliphatic rings. The molecule has 4 bridgehead atoms. The predicted octanol–water partition coefficient (Wildman–Crippen LogP) is 3.85. The van der Waals surface area contributed by atoms with Gasteiger partial charge in [0.25, 0.3) is 5.91 Å². The molecule has 2 aromatic heterocycles. The highest BCUT2D eigenvalue weighted by molar-refractivity contribution is 5.99. The van der Waals surface area contributed by atoms with Crippen LogP contribution in [0.1, 0.15) is 73.7 Å². The number of amides is 2. The minimum absolute atomic E-state index is 0.0722. The number of pyridine rings is 1. The van der Waals surface area contributed by atoms with Crippen molar-refractivity contribution in [1.82, 2.24) is 19.6 Å². The maximum absolute atomic E-state index is 13.5. The Hall–Kier alpha value is -2.57. The third-order valence-electron chi connectivity index (χ3n) is 8.00. The van der Waals surface area contributed by atoms with Gasteiger partial charge in [0.05, 0.1) is 11.6 Å². The van der Waals surface area contributed by atoms with E-state index in [-0.39, 0.29) is 17.5 Å². The fourth-order valence-electron chi connectivity index (χ4n) is 7.29. The van der Waals surface area contributed by atoms with E-state index in [1.165, 1.54) is 24.2 Å². The first-order valence-corrected chi connectivity index (χ1v) is 11.3. The Balaban J connectivity index is 1.35. The minimum Gasteiger partial charge on any atom is -0.465 e. The molecule has 1 unspecified atom stereocenters. The zero-order valence-corrected chi connectivity index (χ0v) is 17.1. The second-order valence-corrected chi connectivity index (χ2v) is 10.1. The lowest BCUT2D eigenvalue weighted by Gasteiger charge is -2.56. The fourth-order valence-corrected chi connectivity index (χ4v) is 7.29. The normalized spacial score (nSPS) is 34.6. The van der Waals surface area contributed by atoms with Crippen molar-refractivity contribution in [2.24, 2.45) is 17.8 Å². The molecule has 7 rings (SSSR count). The predicted molar refractivity (Wildman–Crippen MR) is 110 cm³/mol. The summed E-state index contributed by atoms with van der Waals surface area (Å²) in [7, 11) is 0. The summed E-state index contributed by atoms with van der Waals surface area (Å²) >= 11 is 0. The van der Waals surface area contributed by atoms with Crippen molar-refractivity contribution in [3.8, 4) is 0 Å². The summed E-state index contributed by atoms with van der Waals surface area (Å²) in [5.74, 6) is 2.82. The molecule has 2 amide bonds. The Morgan fingerprint density at radius 3 is 2.47 bits per heavy atom. The number of aromatic nitrogens is 2. The van der Waals surface area contributed by atoms with E-state index in [9.17, 15) is 14.7 Å². The smallest absolute Gasteiger partial charge is 0.407 e. The lowest BCUT2D eigenvalue weighted by atomic mass is 9.53. The van der Waals surface area contributed by atoms with Crippen LogP contribution in [0.25, 0.3) is 5.52 Å². The highest BCUT2D eigenvalue weighted by Crippen LogP contribution is 2.55. The molecule has 1 aliphatic heterocycles. The molecule has 0 aromatic carbocycles. The van der Waals surface area contributed by atoms with E-state index in [4.69, 9.17) is 4.98 Å². The van der Waals surface area contributed by atoms with Crippen LogP contribution in [0.15, 0.2) is 24.4 Å². The monoisotopic (exact) mass is 408 g/mol. The summed E-state index contributed by atoms with van der Waals surface area (Å²) in [6.45, 7) is 0.510. The minimum atomic E-state index is -0.926. The van der Waals surface area contributed by atoms with Gasteiger partial charge in [-0.1, -0.05) is 6.07 Å². The average Bonchev–Trinajstić information content (AvgIpc) is 3.31. The van der Waals surface area contributed by atoms with Crippen molar-refractivity contribution >= 4 is 17.5 Å². The number of carbonyl (C=O) groups is 2. The molecule has 2 aromatic rings. The van der Waals surface area contributed by atoms with Gasteiger partial charge in [0.2, 0.25) is 0 Å². The maximum Gasteiger partial charge on any atom is 0.407 e. The van der Waals surface area contributed by atoms with Crippen LogP contribution in [0, 0.1) is 17.8 Å². The van der Waals surface area contributed by atoms with Crippen molar-refractivity contribution in [2.45, 2.75) is 62.9 Å². The van der Waals surface area contributed by atoms with Crippen molar-refractivity contribution in [1.29, 1.82) is 0 Å². The van der Waals surface area contributed by atoms with Crippen molar-refractivity contribution in [2.75, 3.05) is 6.54 Å². The average molecular weight is 409 g/mol. The first-order valence-electron chi connectivity index (χ1n) is 11.3. The number of hydrogen-bond acceptors (Lipinski definition) is 3.